The van der Waals surface area contributed by atoms with Crippen LogP contribution in [-0.4, -0.2) is 20.7 Å². The van der Waals surface area contributed by atoms with Crippen LogP contribution in [0.2, 0.25) is 0 Å². The van der Waals surface area contributed by atoms with E-state index in [1.165, 1.54) is 12.1 Å². The number of hydrogen-bond acceptors (Lipinski definition) is 4. The largest absolute Gasteiger partial charge is 0.419 e. The SMILES string of the molecule is CCCc1nnc(-c2cc3ccccc3n2CC(=O)Nc2cccc(F)c2)o1. The van der Waals surface area contributed by atoms with E-state index in [1.54, 1.807) is 12.1 Å². The number of carbonyl (C=O) groups is 1. The number of amides is 1. The second-order valence-corrected chi connectivity index (χ2v) is 6.48. The summed E-state index contributed by atoms with van der Waals surface area (Å²) >= 11 is 0. The highest BCUT2D eigenvalue weighted by Gasteiger charge is 2.18. The zero-order valence-corrected chi connectivity index (χ0v) is 15.4. The smallest absolute Gasteiger partial charge is 0.264 e. The fourth-order valence-electron chi connectivity index (χ4n) is 3.14. The lowest BCUT2D eigenvalue weighted by Crippen LogP contribution is -2.19. The Bertz CT molecular complexity index is 1130. The highest BCUT2D eigenvalue weighted by Crippen LogP contribution is 2.28. The van der Waals surface area contributed by atoms with Crippen molar-refractivity contribution in [2.45, 2.75) is 26.3 Å². The van der Waals surface area contributed by atoms with Crippen LogP contribution in [0.5, 0.6) is 0 Å². The molecule has 2 aromatic heterocycles. The lowest BCUT2D eigenvalue weighted by molar-refractivity contribution is -0.116. The first kappa shape index (κ1) is 17.9. The number of rotatable bonds is 6. The normalized spacial score (nSPS) is 11.1. The summed E-state index contributed by atoms with van der Waals surface area (Å²) in [6.07, 6.45) is 1.61. The van der Waals surface area contributed by atoms with Gasteiger partial charge in [-0.05, 0) is 36.8 Å². The zero-order chi connectivity index (χ0) is 19.5. The number of aromatic nitrogens is 3. The van der Waals surface area contributed by atoms with Gasteiger partial charge in [0, 0.05) is 23.0 Å². The van der Waals surface area contributed by atoms with Crippen LogP contribution < -0.4 is 5.32 Å². The molecule has 4 aromatic rings. The molecule has 2 heterocycles. The minimum absolute atomic E-state index is 0.0326. The van der Waals surface area contributed by atoms with Gasteiger partial charge in [-0.2, -0.15) is 0 Å². The minimum Gasteiger partial charge on any atom is -0.419 e. The van der Waals surface area contributed by atoms with Gasteiger partial charge >= 0.3 is 0 Å². The predicted molar refractivity (Wildman–Crippen MR) is 104 cm³/mol. The lowest BCUT2D eigenvalue weighted by Gasteiger charge is -2.10. The van der Waals surface area contributed by atoms with Crippen LogP contribution in [0, 0.1) is 5.82 Å². The third kappa shape index (κ3) is 3.64. The molecule has 0 fully saturated rings. The van der Waals surface area contributed by atoms with Gasteiger partial charge in [0.25, 0.3) is 5.89 Å². The zero-order valence-electron chi connectivity index (χ0n) is 15.4. The Balaban J connectivity index is 1.67. The number of nitrogens with zero attached hydrogens (tertiary/aromatic N) is 3. The van der Waals surface area contributed by atoms with E-state index >= 15 is 0 Å². The van der Waals surface area contributed by atoms with Crippen molar-refractivity contribution in [2.75, 3.05) is 5.32 Å². The molecular formula is C21H19FN4O2. The second-order valence-electron chi connectivity index (χ2n) is 6.48. The van der Waals surface area contributed by atoms with Crippen molar-refractivity contribution >= 4 is 22.5 Å². The van der Waals surface area contributed by atoms with Crippen LogP contribution in [0.4, 0.5) is 10.1 Å². The Labute approximate surface area is 161 Å². The summed E-state index contributed by atoms with van der Waals surface area (Å²) in [4.78, 5) is 12.6. The number of carbonyl (C=O) groups excluding carboxylic acids is 1. The minimum atomic E-state index is -0.404. The summed E-state index contributed by atoms with van der Waals surface area (Å²) in [6, 6.07) is 15.5. The maximum atomic E-state index is 13.4. The fraction of sp³-hybridized carbons (Fsp3) is 0.190. The third-order valence-corrected chi connectivity index (χ3v) is 4.37. The number of nitrogens with one attached hydrogen (secondary N) is 1. The fourth-order valence-corrected chi connectivity index (χ4v) is 3.14. The van der Waals surface area contributed by atoms with Gasteiger partial charge in [-0.15, -0.1) is 10.2 Å². The molecule has 0 aliphatic rings. The molecule has 0 saturated carbocycles. The number of fused-ring (bicyclic) bond motifs is 1. The van der Waals surface area contributed by atoms with E-state index in [-0.39, 0.29) is 12.5 Å². The molecule has 6 nitrogen and oxygen atoms in total. The van der Waals surface area contributed by atoms with Crippen LogP contribution in [0.25, 0.3) is 22.5 Å². The van der Waals surface area contributed by atoms with Crippen molar-refractivity contribution in [3.8, 4) is 11.6 Å². The second kappa shape index (κ2) is 7.64. The van der Waals surface area contributed by atoms with Gasteiger partial charge in [0.15, 0.2) is 0 Å². The van der Waals surface area contributed by atoms with Crippen molar-refractivity contribution < 1.29 is 13.6 Å². The van der Waals surface area contributed by atoms with Crippen molar-refractivity contribution in [3.63, 3.8) is 0 Å². The molecule has 0 spiro atoms. The monoisotopic (exact) mass is 378 g/mol. The van der Waals surface area contributed by atoms with Gasteiger partial charge in [0.1, 0.15) is 18.1 Å². The molecule has 2 aromatic carbocycles. The molecule has 28 heavy (non-hydrogen) atoms. The average molecular weight is 378 g/mol. The van der Waals surface area contributed by atoms with Crippen molar-refractivity contribution in [3.05, 3.63) is 66.3 Å². The molecule has 0 aliphatic carbocycles. The first-order valence-electron chi connectivity index (χ1n) is 9.10. The Morgan fingerprint density at radius 2 is 2.00 bits per heavy atom. The van der Waals surface area contributed by atoms with Crippen molar-refractivity contribution in [2.24, 2.45) is 0 Å². The molecule has 0 bridgehead atoms. The highest BCUT2D eigenvalue weighted by atomic mass is 19.1. The average Bonchev–Trinajstić information content (AvgIpc) is 3.27. The molecule has 4 rings (SSSR count). The summed E-state index contributed by atoms with van der Waals surface area (Å²) in [5.74, 6) is 0.262. The Morgan fingerprint density at radius 3 is 2.82 bits per heavy atom. The molecule has 0 saturated heterocycles. The lowest BCUT2D eigenvalue weighted by atomic mass is 10.2. The number of halogens is 1. The summed E-state index contributed by atoms with van der Waals surface area (Å²) in [7, 11) is 0. The number of hydrogen-bond donors (Lipinski definition) is 1. The van der Waals surface area contributed by atoms with Crippen LogP contribution in [-0.2, 0) is 17.8 Å². The van der Waals surface area contributed by atoms with Gasteiger partial charge in [-0.1, -0.05) is 31.2 Å². The van der Waals surface area contributed by atoms with Gasteiger partial charge in [0.05, 0.1) is 0 Å². The van der Waals surface area contributed by atoms with E-state index < -0.39 is 5.82 Å². The number of benzene rings is 2. The summed E-state index contributed by atoms with van der Waals surface area (Å²) in [5.41, 5.74) is 1.96. The highest BCUT2D eigenvalue weighted by molar-refractivity contribution is 5.93. The van der Waals surface area contributed by atoms with E-state index in [0.29, 0.717) is 29.6 Å². The molecular weight excluding hydrogens is 359 g/mol. The van der Waals surface area contributed by atoms with Gasteiger partial charge < -0.3 is 14.3 Å². The van der Waals surface area contributed by atoms with Crippen LogP contribution in [0.15, 0.2) is 59.0 Å². The first-order valence-corrected chi connectivity index (χ1v) is 9.10. The van der Waals surface area contributed by atoms with Gasteiger partial charge in [-0.25, -0.2) is 4.39 Å². The number of aryl methyl sites for hydroxylation is 1. The Kier molecular flexibility index (Phi) is 4.89. The molecule has 0 atom stereocenters. The number of para-hydroxylation sites is 1. The van der Waals surface area contributed by atoms with Crippen LogP contribution in [0.1, 0.15) is 19.2 Å². The number of anilines is 1. The molecule has 7 heteroatoms. The van der Waals surface area contributed by atoms with Crippen molar-refractivity contribution in [1.29, 1.82) is 0 Å². The Hall–Kier alpha value is -3.48. The summed E-state index contributed by atoms with van der Waals surface area (Å²) in [6.45, 7) is 2.07. The molecule has 0 unspecified atom stereocenters. The van der Waals surface area contributed by atoms with Gasteiger partial charge in [-0.3, -0.25) is 4.79 Å². The van der Waals surface area contributed by atoms with E-state index in [2.05, 4.69) is 15.5 Å². The molecule has 0 radical (unpaired) electrons. The van der Waals surface area contributed by atoms with E-state index in [9.17, 15) is 9.18 Å². The topological polar surface area (TPSA) is 73.0 Å². The molecule has 0 aliphatic heterocycles. The van der Waals surface area contributed by atoms with Crippen LogP contribution in [0.3, 0.4) is 0 Å². The maximum absolute atomic E-state index is 13.4. The van der Waals surface area contributed by atoms with Crippen molar-refractivity contribution in [1.82, 2.24) is 14.8 Å². The molecule has 1 N–H and O–H groups in total. The molecule has 142 valence electrons. The quantitative estimate of drug-likeness (QED) is 0.539. The third-order valence-electron chi connectivity index (χ3n) is 4.37. The molecule has 1 amide bonds. The maximum Gasteiger partial charge on any atom is 0.264 e. The van der Waals surface area contributed by atoms with E-state index in [1.807, 2.05) is 41.8 Å². The summed E-state index contributed by atoms with van der Waals surface area (Å²) < 4.78 is 21.0. The van der Waals surface area contributed by atoms with E-state index in [4.69, 9.17) is 4.42 Å². The Morgan fingerprint density at radius 1 is 1.14 bits per heavy atom. The van der Waals surface area contributed by atoms with E-state index in [0.717, 1.165) is 17.3 Å². The van der Waals surface area contributed by atoms with Gasteiger partial charge in [0.2, 0.25) is 11.8 Å². The first-order chi connectivity index (χ1) is 13.6. The predicted octanol–water partition coefficient (Wildman–Crippen LogP) is 4.42. The van der Waals surface area contributed by atoms with Crippen LogP contribution >= 0.6 is 0 Å². The standard InChI is InChI=1S/C21H19FN4O2/c1-2-6-20-24-25-21(28-20)18-11-14-7-3-4-10-17(14)26(18)13-19(27)23-16-9-5-8-15(22)12-16/h3-5,7-12H,2,6,13H2,1H3,(H,23,27). The summed E-state index contributed by atoms with van der Waals surface area (Å²) in [5, 5.41) is 11.9.